The highest BCUT2D eigenvalue weighted by molar-refractivity contribution is 5.68. The second kappa shape index (κ2) is 10.0. The average Bonchev–Trinajstić information content (AvgIpc) is 3.31. The smallest absolute Gasteiger partial charge is 0.264 e. The highest BCUT2D eigenvalue weighted by Crippen LogP contribution is 2.55. The average molecular weight is 404 g/mol. The summed E-state index contributed by atoms with van der Waals surface area (Å²) in [7, 11) is 0. The van der Waals surface area contributed by atoms with Gasteiger partial charge >= 0.3 is 0 Å². The summed E-state index contributed by atoms with van der Waals surface area (Å²) in [5.41, 5.74) is 1.06. The highest BCUT2D eigenvalue weighted by Gasteiger charge is 2.50. The number of hydrogen-bond acceptors (Lipinski definition) is 5. The third-order valence-electron chi connectivity index (χ3n) is 4.96. The zero-order valence-electron chi connectivity index (χ0n) is 16.9. The molecule has 0 spiro atoms. The third-order valence-corrected chi connectivity index (χ3v) is 4.96. The van der Waals surface area contributed by atoms with E-state index in [9.17, 15) is 13.6 Å². The molecule has 0 aromatic carbocycles. The third kappa shape index (κ3) is 6.30. The number of nitrogens with one attached hydrogen (secondary N) is 1. The number of aryl methyl sites for hydroxylation is 2. The molecule has 1 unspecified atom stereocenters. The Labute approximate surface area is 169 Å². The highest BCUT2D eigenvalue weighted by atomic mass is 19.3. The lowest BCUT2D eigenvalue weighted by Crippen LogP contribution is -2.15. The summed E-state index contributed by atoms with van der Waals surface area (Å²) in [4.78, 5) is 22.0. The molecule has 1 saturated carbocycles. The Hall–Kier alpha value is -2.90. The van der Waals surface area contributed by atoms with Crippen molar-refractivity contribution in [2.45, 2.75) is 40.0 Å². The number of nitrogens with zero attached hydrogens (tertiary/aromatic N) is 3. The first-order valence-electron chi connectivity index (χ1n) is 9.29. The molecule has 0 bridgehead atoms. The van der Waals surface area contributed by atoms with E-state index in [0.717, 1.165) is 42.3 Å². The van der Waals surface area contributed by atoms with Crippen LogP contribution in [0.5, 0.6) is 5.75 Å². The quantitative estimate of drug-likeness (QED) is 0.511. The summed E-state index contributed by atoms with van der Waals surface area (Å²) in [5, 5.41) is 2.18. The maximum Gasteiger partial charge on any atom is 0.264 e. The van der Waals surface area contributed by atoms with Crippen LogP contribution in [0.25, 0.3) is 0 Å². The molecule has 29 heavy (non-hydrogen) atoms. The lowest BCUT2D eigenvalue weighted by molar-refractivity contribution is -0.105. The summed E-state index contributed by atoms with van der Waals surface area (Å²) < 4.78 is 30.0. The monoisotopic (exact) mass is 404 g/mol. The predicted molar refractivity (Wildman–Crippen MR) is 107 cm³/mol. The Morgan fingerprint density at radius 3 is 2.69 bits per heavy atom. The van der Waals surface area contributed by atoms with Crippen LogP contribution in [0.1, 0.15) is 43.3 Å². The van der Waals surface area contributed by atoms with Crippen molar-refractivity contribution in [2.24, 2.45) is 11.3 Å². The van der Waals surface area contributed by atoms with E-state index in [1.165, 1.54) is 18.7 Å². The predicted octanol–water partition coefficient (Wildman–Crippen LogP) is 4.66. The summed E-state index contributed by atoms with van der Waals surface area (Å²) in [6.45, 7) is 10.7. The van der Waals surface area contributed by atoms with Crippen LogP contribution in [-0.2, 0) is 4.79 Å². The van der Waals surface area contributed by atoms with Crippen molar-refractivity contribution < 1.29 is 18.3 Å². The van der Waals surface area contributed by atoms with Crippen LogP contribution in [0.15, 0.2) is 37.2 Å². The Balaban J connectivity index is 0.000000221. The van der Waals surface area contributed by atoms with Gasteiger partial charge in [0.15, 0.2) is 5.75 Å². The zero-order valence-corrected chi connectivity index (χ0v) is 16.9. The minimum atomic E-state index is -2.54. The van der Waals surface area contributed by atoms with Crippen LogP contribution < -0.4 is 10.1 Å². The van der Waals surface area contributed by atoms with Gasteiger partial charge in [0.05, 0.1) is 18.5 Å². The van der Waals surface area contributed by atoms with Crippen molar-refractivity contribution in [3.05, 3.63) is 54.3 Å². The second-order valence-electron chi connectivity index (χ2n) is 7.15. The molecule has 2 aromatic heterocycles. The number of carbonyl (C=O) groups excluding carboxylic acids is 1. The number of pyridine rings is 1. The molecular formula is C21H26F2N4O2. The number of allylic oxidation sites excluding steroid dienone is 1. The number of ether oxygens (including phenoxy) is 1. The number of hydrogen-bond donors (Lipinski definition) is 1. The van der Waals surface area contributed by atoms with E-state index in [1.807, 2.05) is 19.9 Å². The molecule has 6 nitrogen and oxygen atoms in total. The van der Waals surface area contributed by atoms with Gasteiger partial charge in [0.2, 0.25) is 6.41 Å². The van der Waals surface area contributed by atoms with Gasteiger partial charge in [-0.2, -0.15) is 0 Å². The van der Waals surface area contributed by atoms with Gasteiger partial charge < -0.3 is 10.1 Å². The van der Waals surface area contributed by atoms with E-state index in [4.69, 9.17) is 4.74 Å². The normalized spacial score (nSPS) is 19.7. The number of aromatic nitrogens is 3. The molecule has 1 aliphatic carbocycles. The molecule has 0 saturated heterocycles. The number of alkyl halides is 2. The van der Waals surface area contributed by atoms with E-state index >= 15 is 0 Å². The first kappa shape index (κ1) is 22.4. The minimum absolute atomic E-state index is 0.128. The summed E-state index contributed by atoms with van der Waals surface area (Å²) in [5.74, 6) is 2.45. The van der Waals surface area contributed by atoms with Gasteiger partial charge in [-0.05, 0) is 44.7 Å². The molecule has 156 valence electrons. The molecular weight excluding hydrogens is 378 g/mol. The standard InChI is InChI=1S/C14H20N2O.C7H6F2N2O/c1-5-6-14(7-10(14)2)9-17-13-8-15-12(4)16-11(13)3;8-7(9)5-1-2-10-6(3-5)11-4-12/h5,8,10H,1,6-7,9H2,2-4H3;1-4,7H,(H,10,11,12)/t10?,14-;/m1./s1. The van der Waals surface area contributed by atoms with Gasteiger partial charge in [-0.15, -0.1) is 6.58 Å². The van der Waals surface area contributed by atoms with Crippen molar-refractivity contribution in [1.82, 2.24) is 15.0 Å². The fourth-order valence-corrected chi connectivity index (χ4v) is 3.04. The molecule has 1 fully saturated rings. The lowest BCUT2D eigenvalue weighted by Gasteiger charge is -2.16. The summed E-state index contributed by atoms with van der Waals surface area (Å²) in [6, 6.07) is 2.32. The molecule has 2 aromatic rings. The number of carbonyl (C=O) groups is 1. The molecule has 2 heterocycles. The molecule has 0 radical (unpaired) electrons. The van der Waals surface area contributed by atoms with Crippen molar-refractivity contribution in [3.8, 4) is 5.75 Å². The van der Waals surface area contributed by atoms with Gasteiger partial charge in [0.1, 0.15) is 11.6 Å². The van der Waals surface area contributed by atoms with E-state index in [-0.39, 0.29) is 11.4 Å². The van der Waals surface area contributed by atoms with Crippen LogP contribution in [0, 0.1) is 25.2 Å². The van der Waals surface area contributed by atoms with Gasteiger partial charge in [-0.25, -0.2) is 23.7 Å². The largest absolute Gasteiger partial charge is 0.489 e. The maximum atomic E-state index is 12.0. The molecule has 3 rings (SSSR count). The number of halogens is 2. The molecule has 0 aliphatic heterocycles. The fourth-order valence-electron chi connectivity index (χ4n) is 3.04. The number of amides is 1. The number of rotatable bonds is 8. The SMILES string of the molecule is C=CC[C@]1(COc2cnc(C)nc2C)CC1C.O=CNc1cc(C(F)F)ccn1. The van der Waals surface area contributed by atoms with Crippen molar-refractivity contribution >= 4 is 12.2 Å². The number of anilines is 1. The fraction of sp³-hybridized carbons (Fsp3) is 0.429. The molecule has 1 amide bonds. The van der Waals surface area contributed by atoms with Gasteiger partial charge in [0, 0.05) is 17.2 Å². The Morgan fingerprint density at radius 2 is 2.14 bits per heavy atom. The van der Waals surface area contributed by atoms with E-state index in [0.29, 0.717) is 11.8 Å². The van der Waals surface area contributed by atoms with Crippen LogP contribution in [0.4, 0.5) is 14.6 Å². The molecule has 1 N–H and O–H groups in total. The summed E-state index contributed by atoms with van der Waals surface area (Å²) in [6.07, 6.45) is 5.08. The second-order valence-corrected chi connectivity index (χ2v) is 7.15. The first-order chi connectivity index (χ1) is 13.8. The van der Waals surface area contributed by atoms with Crippen LogP contribution >= 0.6 is 0 Å². The molecule has 2 atom stereocenters. The van der Waals surface area contributed by atoms with Crippen LogP contribution in [0.2, 0.25) is 0 Å². The lowest BCUT2D eigenvalue weighted by atomic mass is 10.0. The van der Waals surface area contributed by atoms with Crippen molar-refractivity contribution in [1.29, 1.82) is 0 Å². The van der Waals surface area contributed by atoms with E-state index in [1.54, 1.807) is 6.20 Å². The first-order valence-corrected chi connectivity index (χ1v) is 9.29. The summed E-state index contributed by atoms with van der Waals surface area (Å²) >= 11 is 0. The van der Waals surface area contributed by atoms with E-state index in [2.05, 4.69) is 33.8 Å². The zero-order chi connectivity index (χ0) is 21.4. The maximum absolute atomic E-state index is 12.0. The topological polar surface area (TPSA) is 77.0 Å². The van der Waals surface area contributed by atoms with E-state index < -0.39 is 6.43 Å². The van der Waals surface area contributed by atoms with Gasteiger partial charge in [0.25, 0.3) is 6.43 Å². The van der Waals surface area contributed by atoms with Crippen LogP contribution in [0.3, 0.4) is 0 Å². The van der Waals surface area contributed by atoms with Crippen molar-refractivity contribution in [2.75, 3.05) is 11.9 Å². The minimum Gasteiger partial charge on any atom is -0.489 e. The Kier molecular flexibility index (Phi) is 7.75. The Bertz CT molecular complexity index is 847. The Morgan fingerprint density at radius 1 is 1.41 bits per heavy atom. The van der Waals surface area contributed by atoms with Crippen LogP contribution in [-0.4, -0.2) is 28.0 Å². The molecule has 1 aliphatic rings. The van der Waals surface area contributed by atoms with Crippen molar-refractivity contribution in [3.63, 3.8) is 0 Å². The molecule has 8 heteroatoms. The van der Waals surface area contributed by atoms with Gasteiger partial charge in [-0.1, -0.05) is 13.0 Å². The van der Waals surface area contributed by atoms with Gasteiger partial charge in [-0.3, -0.25) is 4.79 Å².